The molecule has 298 valence electrons. The molecule has 0 N–H and O–H groups in total. The highest BCUT2D eigenvalue weighted by Gasteiger charge is 2.20. The molecule has 9 aromatic carbocycles. The van der Waals surface area contributed by atoms with Gasteiger partial charge in [0.15, 0.2) is 17.5 Å². The Morgan fingerprint density at radius 1 is 0.344 bits per heavy atom. The van der Waals surface area contributed by atoms with Crippen LogP contribution in [-0.2, 0) is 0 Å². The van der Waals surface area contributed by atoms with Crippen LogP contribution in [0.15, 0.2) is 217 Å². The third-order valence-electron chi connectivity index (χ3n) is 12.5. The zero-order valence-corrected chi connectivity index (χ0v) is 34.4. The van der Waals surface area contributed by atoms with Crippen molar-refractivity contribution < 1.29 is 4.42 Å². The lowest BCUT2D eigenvalue weighted by Crippen LogP contribution is -2.01. The normalized spacial score (nSPS) is 11.8. The first-order chi connectivity index (χ1) is 31.7. The number of benzene rings is 9. The highest BCUT2D eigenvalue weighted by molar-refractivity contribution is 6.12. The average Bonchev–Trinajstić information content (AvgIpc) is 3.91. The molecule has 4 heterocycles. The van der Waals surface area contributed by atoms with E-state index in [2.05, 4.69) is 192 Å². The predicted molar refractivity (Wildman–Crippen MR) is 261 cm³/mol. The zero-order chi connectivity index (χ0) is 42.1. The molecule has 0 radical (unpaired) electrons. The van der Waals surface area contributed by atoms with Crippen molar-refractivity contribution in [2.24, 2.45) is 0 Å². The van der Waals surface area contributed by atoms with Crippen LogP contribution in [0.25, 0.3) is 128 Å². The molecule has 6 nitrogen and oxygen atoms in total. The van der Waals surface area contributed by atoms with Gasteiger partial charge in [-0.05, 0) is 86.9 Å². The van der Waals surface area contributed by atoms with Gasteiger partial charge in [-0.2, -0.15) is 0 Å². The Kier molecular flexibility index (Phi) is 8.11. The van der Waals surface area contributed by atoms with Crippen molar-refractivity contribution in [1.29, 1.82) is 0 Å². The van der Waals surface area contributed by atoms with E-state index in [1.165, 1.54) is 38.2 Å². The minimum atomic E-state index is 0.572. The number of furan rings is 1. The second-order valence-electron chi connectivity index (χ2n) is 16.2. The number of para-hydroxylation sites is 1. The van der Waals surface area contributed by atoms with Crippen LogP contribution in [-0.4, -0.2) is 24.5 Å². The molecule has 0 bridgehead atoms. The summed E-state index contributed by atoms with van der Waals surface area (Å²) >= 11 is 0. The molecule has 64 heavy (non-hydrogen) atoms. The van der Waals surface area contributed by atoms with Crippen LogP contribution in [0.3, 0.4) is 0 Å². The Bertz CT molecular complexity index is 3960. The summed E-state index contributed by atoms with van der Waals surface area (Å²) in [5, 5.41) is 8.88. The molecule has 0 saturated carbocycles. The van der Waals surface area contributed by atoms with Gasteiger partial charge in [-0.3, -0.25) is 0 Å². The van der Waals surface area contributed by atoms with Gasteiger partial charge in [0.05, 0.1) is 16.7 Å². The molecule has 0 spiro atoms. The topological polar surface area (TPSA) is 69.6 Å². The summed E-state index contributed by atoms with van der Waals surface area (Å²) in [4.78, 5) is 20.2. The number of rotatable bonds is 6. The largest absolute Gasteiger partial charge is 0.438 e. The van der Waals surface area contributed by atoms with E-state index < -0.39 is 0 Å². The molecule has 13 rings (SSSR count). The van der Waals surface area contributed by atoms with Gasteiger partial charge in [-0.15, -0.1) is 0 Å². The van der Waals surface area contributed by atoms with Gasteiger partial charge >= 0.3 is 0 Å². The minimum Gasteiger partial charge on any atom is -0.438 e. The summed E-state index contributed by atoms with van der Waals surface area (Å²) in [6.07, 6.45) is 1.75. The van der Waals surface area contributed by atoms with Crippen LogP contribution < -0.4 is 0 Å². The van der Waals surface area contributed by atoms with E-state index in [1.54, 1.807) is 6.20 Å². The van der Waals surface area contributed by atoms with Crippen molar-refractivity contribution in [2.45, 2.75) is 0 Å². The van der Waals surface area contributed by atoms with Gasteiger partial charge in [0.2, 0.25) is 5.71 Å². The lowest BCUT2D eigenvalue weighted by Gasteiger charge is -2.15. The van der Waals surface area contributed by atoms with Crippen LogP contribution >= 0.6 is 0 Å². The number of nitrogens with zero attached hydrogens (tertiary/aromatic N) is 5. The van der Waals surface area contributed by atoms with E-state index in [0.29, 0.717) is 23.2 Å². The third kappa shape index (κ3) is 5.81. The Balaban J connectivity index is 1.00. The zero-order valence-electron chi connectivity index (χ0n) is 34.4. The fourth-order valence-electron chi connectivity index (χ4n) is 9.50. The maximum absolute atomic E-state index is 6.11. The van der Waals surface area contributed by atoms with Gasteiger partial charge in [-0.1, -0.05) is 158 Å². The third-order valence-corrected chi connectivity index (χ3v) is 12.5. The van der Waals surface area contributed by atoms with E-state index in [-0.39, 0.29) is 0 Å². The van der Waals surface area contributed by atoms with Crippen LogP contribution in [0, 0.1) is 0 Å². The van der Waals surface area contributed by atoms with Gasteiger partial charge in [0.1, 0.15) is 5.58 Å². The summed E-state index contributed by atoms with van der Waals surface area (Å²) in [6, 6.07) is 72.6. The quantitative estimate of drug-likeness (QED) is 0.167. The van der Waals surface area contributed by atoms with Gasteiger partial charge < -0.3 is 8.98 Å². The van der Waals surface area contributed by atoms with Gasteiger partial charge in [0, 0.05) is 49.8 Å². The standard InChI is InChI=1S/C58H35N5O/c1-2-12-36(13-3-1)40-29-31-47-46-17-6-7-23-51(46)63(53(47)35-40)52-24-10-19-44-45(52)20-9-21-48(44)57-61-55(39-27-25-38(26-28-39)43-18-8-15-37-14-4-5-16-42(37)43)60-56(62-57)41-30-32-54-50(34-41)49-22-11-33-59-58(49)64-54/h1-35H. The number of hydrogen-bond donors (Lipinski definition) is 0. The summed E-state index contributed by atoms with van der Waals surface area (Å²) in [7, 11) is 0. The molecule has 0 fully saturated rings. The SMILES string of the molecule is c1ccc(-c2ccc3c4ccccc4n(-c4cccc5c(-c6nc(-c7ccc(-c8cccc9ccccc89)cc7)nc(-c7ccc8oc9ncccc9c8c7)n6)cccc45)c3c2)cc1. The van der Waals surface area contributed by atoms with E-state index >= 15 is 0 Å². The maximum atomic E-state index is 6.11. The van der Waals surface area contributed by atoms with Gasteiger partial charge in [-0.25, -0.2) is 19.9 Å². The maximum Gasteiger partial charge on any atom is 0.227 e. The second kappa shape index (κ2) is 14.4. The molecule has 13 aromatic rings. The number of aromatic nitrogens is 5. The minimum absolute atomic E-state index is 0.572. The van der Waals surface area contributed by atoms with Crippen LogP contribution in [0.2, 0.25) is 0 Å². The Labute approximate surface area is 367 Å². The number of hydrogen-bond acceptors (Lipinski definition) is 5. The predicted octanol–water partition coefficient (Wildman–Crippen LogP) is 14.9. The summed E-state index contributed by atoms with van der Waals surface area (Å²) in [5.41, 5.74) is 12.1. The molecule has 4 aromatic heterocycles. The summed E-state index contributed by atoms with van der Waals surface area (Å²) in [6.45, 7) is 0. The molecule has 0 aliphatic heterocycles. The molecule has 0 aliphatic carbocycles. The number of pyridine rings is 1. The summed E-state index contributed by atoms with van der Waals surface area (Å²) in [5.74, 6) is 1.75. The van der Waals surface area contributed by atoms with Crippen molar-refractivity contribution in [2.75, 3.05) is 0 Å². The Morgan fingerprint density at radius 3 is 1.89 bits per heavy atom. The van der Waals surface area contributed by atoms with Gasteiger partial charge in [0.25, 0.3) is 0 Å². The smallest absolute Gasteiger partial charge is 0.227 e. The highest BCUT2D eigenvalue weighted by Crippen LogP contribution is 2.40. The van der Waals surface area contributed by atoms with Crippen LogP contribution in [0.1, 0.15) is 0 Å². The first-order valence-corrected chi connectivity index (χ1v) is 21.5. The molecule has 0 atom stereocenters. The Hall–Kier alpha value is -8.74. The first-order valence-electron chi connectivity index (χ1n) is 21.5. The summed E-state index contributed by atoms with van der Waals surface area (Å²) < 4.78 is 8.52. The fraction of sp³-hybridized carbons (Fsp3) is 0. The molecule has 6 heteroatoms. The Morgan fingerprint density at radius 2 is 0.984 bits per heavy atom. The van der Waals surface area contributed by atoms with E-state index in [0.717, 1.165) is 66.1 Å². The molecule has 0 saturated heterocycles. The van der Waals surface area contributed by atoms with Crippen molar-refractivity contribution in [1.82, 2.24) is 24.5 Å². The first kappa shape index (κ1) is 36.0. The second-order valence-corrected chi connectivity index (χ2v) is 16.2. The van der Waals surface area contributed by atoms with Crippen LogP contribution in [0.4, 0.5) is 0 Å². The average molecular weight is 818 g/mol. The highest BCUT2D eigenvalue weighted by atomic mass is 16.3. The van der Waals surface area contributed by atoms with Crippen LogP contribution in [0.5, 0.6) is 0 Å². The fourth-order valence-corrected chi connectivity index (χ4v) is 9.50. The lowest BCUT2D eigenvalue weighted by molar-refractivity contribution is 0.654. The molecule has 0 aliphatic rings. The number of fused-ring (bicyclic) bond motifs is 8. The monoisotopic (exact) mass is 817 g/mol. The van der Waals surface area contributed by atoms with Crippen molar-refractivity contribution in [3.63, 3.8) is 0 Å². The van der Waals surface area contributed by atoms with E-state index in [4.69, 9.17) is 19.4 Å². The lowest BCUT2D eigenvalue weighted by atomic mass is 9.97. The molecular weight excluding hydrogens is 783 g/mol. The van der Waals surface area contributed by atoms with E-state index in [1.807, 2.05) is 24.3 Å². The van der Waals surface area contributed by atoms with E-state index in [9.17, 15) is 0 Å². The van der Waals surface area contributed by atoms with Crippen molar-refractivity contribution in [3.8, 4) is 62.1 Å². The van der Waals surface area contributed by atoms with Crippen molar-refractivity contribution in [3.05, 3.63) is 212 Å². The molecule has 0 amide bonds. The van der Waals surface area contributed by atoms with Crippen molar-refractivity contribution >= 4 is 65.4 Å². The molecular formula is C58H35N5O. The molecule has 0 unspecified atom stereocenters.